The van der Waals surface area contributed by atoms with E-state index >= 15 is 0 Å². The van der Waals surface area contributed by atoms with Crippen molar-refractivity contribution >= 4 is 34.9 Å². The van der Waals surface area contributed by atoms with Crippen LogP contribution >= 0.6 is 11.6 Å². The lowest BCUT2D eigenvalue weighted by molar-refractivity contribution is -0.385. The number of halogens is 1. The van der Waals surface area contributed by atoms with E-state index in [1.54, 1.807) is 0 Å². The molecular weight excluding hydrogens is 332 g/mol. The lowest BCUT2D eigenvalue weighted by Gasteiger charge is -2.29. The second-order valence-electron chi connectivity index (χ2n) is 4.96. The van der Waals surface area contributed by atoms with Crippen LogP contribution in [0.5, 0.6) is 5.75 Å². The van der Waals surface area contributed by atoms with Crippen LogP contribution in [0.2, 0.25) is 5.02 Å². The van der Waals surface area contributed by atoms with Crippen LogP contribution in [-0.2, 0) is 19.1 Å². The molecule has 0 aromatic heterocycles. The maximum absolute atomic E-state index is 11.7. The molecule has 0 radical (unpaired) electrons. The van der Waals surface area contributed by atoms with Crippen LogP contribution in [0, 0.1) is 10.1 Å². The highest BCUT2D eigenvalue weighted by molar-refractivity contribution is 6.31. The Morgan fingerprint density at radius 2 is 1.87 bits per heavy atom. The molecule has 0 aliphatic carbocycles. The number of cyclic esters (lactones) is 2. The van der Waals surface area contributed by atoms with Crippen LogP contribution in [0.15, 0.2) is 23.9 Å². The molecule has 2 N–H and O–H groups in total. The summed E-state index contributed by atoms with van der Waals surface area (Å²) in [6.45, 7) is 2.78. The maximum atomic E-state index is 11.7. The second-order valence-corrected chi connectivity index (χ2v) is 5.40. The Morgan fingerprint density at radius 1 is 1.30 bits per heavy atom. The lowest BCUT2D eigenvalue weighted by Crippen LogP contribution is -2.42. The Labute approximate surface area is 134 Å². The molecular formula is C13H11ClN2O7. The zero-order valence-electron chi connectivity index (χ0n) is 12.0. The van der Waals surface area contributed by atoms with Gasteiger partial charge in [0.1, 0.15) is 0 Å². The summed E-state index contributed by atoms with van der Waals surface area (Å²) in [7, 11) is 0. The van der Waals surface area contributed by atoms with Crippen molar-refractivity contribution in [2.45, 2.75) is 19.6 Å². The van der Waals surface area contributed by atoms with E-state index in [1.165, 1.54) is 19.9 Å². The quantitative estimate of drug-likeness (QED) is 0.213. The zero-order valence-corrected chi connectivity index (χ0v) is 12.7. The molecule has 1 heterocycles. The van der Waals surface area contributed by atoms with Crippen molar-refractivity contribution in [1.82, 2.24) is 0 Å². The zero-order chi connectivity index (χ0) is 17.4. The molecule has 1 aliphatic heterocycles. The summed E-state index contributed by atoms with van der Waals surface area (Å²) in [5.41, 5.74) is -1.26. The number of benzene rings is 1. The molecule has 1 aliphatic rings. The molecule has 9 nitrogen and oxygen atoms in total. The van der Waals surface area contributed by atoms with E-state index in [4.69, 9.17) is 21.1 Å². The minimum absolute atomic E-state index is 0.0228. The normalized spacial score (nSPS) is 16.4. The fourth-order valence-electron chi connectivity index (χ4n) is 1.76. The number of anilines is 1. The van der Waals surface area contributed by atoms with Crippen molar-refractivity contribution in [1.29, 1.82) is 0 Å². The molecule has 23 heavy (non-hydrogen) atoms. The molecule has 10 heteroatoms. The standard InChI is InChI=1S/C13H11ClN2O7/c1-13(2)22-11(18)7(12(19)23-13)5-15-8-3-6(14)4-9(10(8)17)16(20)21/h3-5,15,17H,1-2H3. The number of nitro benzene ring substituents is 1. The predicted octanol–water partition coefficient (Wildman–Crippen LogP) is 2.09. The van der Waals surface area contributed by atoms with Gasteiger partial charge in [-0.05, 0) is 6.07 Å². The predicted molar refractivity (Wildman–Crippen MR) is 77.7 cm³/mol. The van der Waals surface area contributed by atoms with Crippen molar-refractivity contribution < 1.29 is 29.1 Å². The number of rotatable bonds is 3. The SMILES string of the molecule is CC1(C)OC(=O)C(=CNc2cc(Cl)cc([N+](=O)[O-])c2O)C(=O)O1. The number of esters is 2. The Hall–Kier alpha value is -2.81. The van der Waals surface area contributed by atoms with Crippen LogP contribution in [0.25, 0.3) is 0 Å². The fourth-order valence-corrected chi connectivity index (χ4v) is 1.97. The number of hydrogen-bond donors (Lipinski definition) is 2. The first-order valence-electron chi connectivity index (χ1n) is 6.21. The van der Waals surface area contributed by atoms with Gasteiger partial charge in [-0.15, -0.1) is 0 Å². The fraction of sp³-hybridized carbons (Fsp3) is 0.231. The Bertz CT molecular complexity index is 720. The summed E-state index contributed by atoms with van der Waals surface area (Å²) in [5.74, 6) is -3.96. The van der Waals surface area contributed by atoms with Gasteiger partial charge in [0, 0.05) is 31.1 Å². The molecule has 1 saturated heterocycles. The van der Waals surface area contributed by atoms with Gasteiger partial charge in [-0.2, -0.15) is 0 Å². The second kappa shape index (κ2) is 5.76. The third kappa shape index (κ3) is 3.51. The van der Waals surface area contributed by atoms with Crippen molar-refractivity contribution in [3.8, 4) is 5.75 Å². The molecule has 2 rings (SSSR count). The highest BCUT2D eigenvalue weighted by Gasteiger charge is 2.39. The summed E-state index contributed by atoms with van der Waals surface area (Å²) in [6.07, 6.45) is 0.912. The number of nitrogens with one attached hydrogen (secondary N) is 1. The van der Waals surface area contributed by atoms with Crippen molar-refractivity contribution in [2.75, 3.05) is 5.32 Å². The van der Waals surface area contributed by atoms with Gasteiger partial charge in [-0.25, -0.2) is 9.59 Å². The summed E-state index contributed by atoms with van der Waals surface area (Å²) in [5, 5.41) is 23.0. The first-order chi connectivity index (χ1) is 10.6. The minimum atomic E-state index is -1.39. The van der Waals surface area contributed by atoms with E-state index in [0.29, 0.717) is 0 Å². The average Bonchev–Trinajstić information content (AvgIpc) is 2.39. The van der Waals surface area contributed by atoms with Gasteiger partial charge in [0.05, 0.1) is 10.6 Å². The van der Waals surface area contributed by atoms with Gasteiger partial charge in [0.15, 0.2) is 5.57 Å². The molecule has 1 fully saturated rings. The number of nitrogens with zero attached hydrogens (tertiary/aromatic N) is 1. The Morgan fingerprint density at radius 3 is 2.39 bits per heavy atom. The monoisotopic (exact) mass is 342 g/mol. The summed E-state index contributed by atoms with van der Waals surface area (Å²) in [6, 6.07) is 2.14. The number of aromatic hydroxyl groups is 1. The highest BCUT2D eigenvalue weighted by Crippen LogP contribution is 2.37. The minimum Gasteiger partial charge on any atom is -0.501 e. The number of hydrogen-bond acceptors (Lipinski definition) is 8. The van der Waals surface area contributed by atoms with E-state index in [1.807, 2.05) is 0 Å². The molecule has 0 saturated carbocycles. The summed E-state index contributed by atoms with van der Waals surface area (Å²) in [4.78, 5) is 33.5. The number of carbonyl (C=O) groups is 2. The van der Waals surface area contributed by atoms with Crippen LogP contribution in [0.3, 0.4) is 0 Å². The molecule has 0 amide bonds. The molecule has 0 atom stereocenters. The van der Waals surface area contributed by atoms with Crippen LogP contribution in [0.4, 0.5) is 11.4 Å². The number of nitro groups is 1. The molecule has 0 unspecified atom stereocenters. The molecule has 1 aromatic carbocycles. The van der Waals surface area contributed by atoms with Gasteiger partial charge < -0.3 is 19.9 Å². The highest BCUT2D eigenvalue weighted by atomic mass is 35.5. The molecule has 0 spiro atoms. The van der Waals surface area contributed by atoms with Crippen LogP contribution in [0.1, 0.15) is 13.8 Å². The van der Waals surface area contributed by atoms with Gasteiger partial charge >= 0.3 is 17.6 Å². The average molecular weight is 343 g/mol. The first kappa shape index (κ1) is 16.6. The van der Waals surface area contributed by atoms with E-state index in [-0.39, 0.29) is 10.7 Å². The van der Waals surface area contributed by atoms with Crippen molar-refractivity contribution in [3.05, 3.63) is 39.0 Å². The third-order valence-electron chi connectivity index (χ3n) is 2.74. The van der Waals surface area contributed by atoms with Crippen molar-refractivity contribution in [3.63, 3.8) is 0 Å². The number of ether oxygens (including phenoxy) is 2. The number of phenols is 1. The van der Waals surface area contributed by atoms with E-state index < -0.39 is 39.7 Å². The maximum Gasteiger partial charge on any atom is 0.350 e. The topological polar surface area (TPSA) is 128 Å². The largest absolute Gasteiger partial charge is 0.501 e. The van der Waals surface area contributed by atoms with E-state index in [9.17, 15) is 24.8 Å². The molecule has 0 bridgehead atoms. The third-order valence-corrected chi connectivity index (χ3v) is 2.96. The van der Waals surface area contributed by atoms with Crippen molar-refractivity contribution in [2.24, 2.45) is 0 Å². The smallest absolute Gasteiger partial charge is 0.350 e. The van der Waals surface area contributed by atoms with Gasteiger partial charge in [0.25, 0.3) is 5.79 Å². The molecule has 1 aromatic rings. The lowest BCUT2D eigenvalue weighted by atomic mass is 10.2. The summed E-state index contributed by atoms with van der Waals surface area (Å²) < 4.78 is 9.75. The first-order valence-corrected chi connectivity index (χ1v) is 6.59. The van der Waals surface area contributed by atoms with Crippen LogP contribution in [-0.4, -0.2) is 27.8 Å². The Kier molecular flexibility index (Phi) is 4.15. The van der Waals surface area contributed by atoms with Gasteiger partial charge in [0.2, 0.25) is 5.75 Å². The van der Waals surface area contributed by atoms with Crippen LogP contribution < -0.4 is 5.32 Å². The number of carbonyl (C=O) groups excluding carboxylic acids is 2. The van der Waals surface area contributed by atoms with Gasteiger partial charge in [-0.3, -0.25) is 10.1 Å². The summed E-state index contributed by atoms with van der Waals surface area (Å²) >= 11 is 5.72. The number of phenolic OH excluding ortho intramolecular Hbond substituents is 1. The molecule has 122 valence electrons. The van der Waals surface area contributed by atoms with E-state index in [2.05, 4.69) is 5.32 Å². The Balaban J connectivity index is 2.32. The van der Waals surface area contributed by atoms with Gasteiger partial charge in [-0.1, -0.05) is 11.6 Å². The van der Waals surface area contributed by atoms with E-state index in [0.717, 1.165) is 12.3 Å².